The summed E-state index contributed by atoms with van der Waals surface area (Å²) in [6.45, 7) is 8.36. The summed E-state index contributed by atoms with van der Waals surface area (Å²) in [5.41, 5.74) is 4.14. The molecule has 0 radical (unpaired) electrons. The minimum atomic E-state index is -0.483. The second-order valence-corrected chi connectivity index (χ2v) is 7.93. The third-order valence-electron chi connectivity index (χ3n) is 4.71. The maximum Gasteiger partial charge on any atom is 0.258 e. The van der Waals surface area contributed by atoms with Crippen LogP contribution in [0.5, 0.6) is 0 Å². The summed E-state index contributed by atoms with van der Waals surface area (Å²) in [4.78, 5) is 27.3. The number of rotatable bonds is 2. The van der Waals surface area contributed by atoms with E-state index in [0.717, 1.165) is 30.6 Å². The molecule has 1 aliphatic heterocycles. The fourth-order valence-corrected chi connectivity index (χ4v) is 3.25. The molecule has 136 valence electrons. The Bertz CT molecular complexity index is 849. The molecule has 26 heavy (non-hydrogen) atoms. The van der Waals surface area contributed by atoms with E-state index >= 15 is 0 Å². The number of hydrogen-bond donors (Lipinski definition) is 1. The van der Waals surface area contributed by atoms with Gasteiger partial charge in [0.2, 0.25) is 5.91 Å². The second kappa shape index (κ2) is 6.94. The van der Waals surface area contributed by atoms with E-state index in [2.05, 4.69) is 11.4 Å². The summed E-state index contributed by atoms with van der Waals surface area (Å²) in [5, 5.41) is 2.90. The Hall–Kier alpha value is -2.62. The molecule has 0 spiro atoms. The van der Waals surface area contributed by atoms with Gasteiger partial charge < -0.3 is 10.2 Å². The highest BCUT2D eigenvalue weighted by Gasteiger charge is 2.26. The highest BCUT2D eigenvalue weighted by molar-refractivity contribution is 6.08. The minimum Gasteiger partial charge on any atom is -0.326 e. The van der Waals surface area contributed by atoms with Crippen molar-refractivity contribution in [1.29, 1.82) is 0 Å². The van der Waals surface area contributed by atoms with Crippen molar-refractivity contribution in [3.05, 3.63) is 59.2 Å². The van der Waals surface area contributed by atoms with Crippen molar-refractivity contribution in [2.45, 2.75) is 40.5 Å². The number of fused-ring (bicyclic) bond motifs is 1. The summed E-state index contributed by atoms with van der Waals surface area (Å²) in [7, 11) is 0. The molecule has 0 aliphatic carbocycles. The molecule has 4 heteroatoms. The quantitative estimate of drug-likeness (QED) is 0.862. The van der Waals surface area contributed by atoms with E-state index in [1.165, 1.54) is 5.56 Å². The average Bonchev–Trinajstić information content (AvgIpc) is 2.60. The molecular formula is C22H26N2O2. The van der Waals surface area contributed by atoms with Crippen LogP contribution in [0.25, 0.3) is 0 Å². The highest BCUT2D eigenvalue weighted by Crippen LogP contribution is 2.32. The first-order valence-electron chi connectivity index (χ1n) is 9.09. The Morgan fingerprint density at radius 1 is 1.08 bits per heavy atom. The van der Waals surface area contributed by atoms with Crippen molar-refractivity contribution in [2.75, 3.05) is 16.8 Å². The smallest absolute Gasteiger partial charge is 0.258 e. The predicted molar refractivity (Wildman–Crippen MR) is 106 cm³/mol. The van der Waals surface area contributed by atoms with Crippen LogP contribution in [0.1, 0.15) is 48.7 Å². The minimum absolute atomic E-state index is 0.0212. The zero-order valence-electron chi connectivity index (χ0n) is 15.9. The van der Waals surface area contributed by atoms with Gasteiger partial charge in [-0.15, -0.1) is 0 Å². The van der Waals surface area contributed by atoms with Crippen LogP contribution in [0.3, 0.4) is 0 Å². The van der Waals surface area contributed by atoms with Crippen molar-refractivity contribution in [3.63, 3.8) is 0 Å². The zero-order chi connectivity index (χ0) is 18.9. The summed E-state index contributed by atoms with van der Waals surface area (Å²) < 4.78 is 0. The van der Waals surface area contributed by atoms with Crippen LogP contribution in [0.2, 0.25) is 0 Å². The third kappa shape index (κ3) is 3.64. The molecule has 4 nitrogen and oxygen atoms in total. The van der Waals surface area contributed by atoms with Gasteiger partial charge in [0, 0.05) is 23.2 Å². The van der Waals surface area contributed by atoms with Crippen LogP contribution in [-0.2, 0) is 11.2 Å². The number of amides is 2. The number of carbonyl (C=O) groups excluding carboxylic acids is 2. The normalized spacial score (nSPS) is 13.9. The van der Waals surface area contributed by atoms with Crippen molar-refractivity contribution in [1.82, 2.24) is 0 Å². The van der Waals surface area contributed by atoms with Gasteiger partial charge >= 0.3 is 0 Å². The lowest BCUT2D eigenvalue weighted by Gasteiger charge is -2.31. The number of nitrogens with one attached hydrogen (secondary N) is 1. The van der Waals surface area contributed by atoms with Crippen molar-refractivity contribution >= 4 is 23.2 Å². The number of carbonyl (C=O) groups is 2. The van der Waals surface area contributed by atoms with Crippen LogP contribution in [0, 0.1) is 12.3 Å². The zero-order valence-corrected chi connectivity index (χ0v) is 15.9. The largest absolute Gasteiger partial charge is 0.326 e. The number of hydrogen-bond acceptors (Lipinski definition) is 2. The van der Waals surface area contributed by atoms with Gasteiger partial charge in [0.15, 0.2) is 0 Å². The Balaban J connectivity index is 1.88. The molecule has 0 atom stereocenters. The summed E-state index contributed by atoms with van der Waals surface area (Å²) in [6.07, 6.45) is 1.96. The van der Waals surface area contributed by atoms with Gasteiger partial charge in [-0.2, -0.15) is 0 Å². The number of nitrogens with zero attached hydrogens (tertiary/aromatic N) is 1. The van der Waals surface area contributed by atoms with Crippen molar-refractivity contribution in [2.24, 2.45) is 5.41 Å². The van der Waals surface area contributed by atoms with E-state index in [0.29, 0.717) is 11.3 Å². The van der Waals surface area contributed by atoms with Crippen LogP contribution < -0.4 is 10.2 Å². The van der Waals surface area contributed by atoms with Gasteiger partial charge in [-0.1, -0.05) is 45.0 Å². The Morgan fingerprint density at radius 2 is 1.81 bits per heavy atom. The lowest BCUT2D eigenvalue weighted by Crippen LogP contribution is -2.36. The maximum atomic E-state index is 13.2. The molecule has 1 aliphatic rings. The van der Waals surface area contributed by atoms with Crippen LogP contribution >= 0.6 is 0 Å². The van der Waals surface area contributed by atoms with Crippen molar-refractivity contribution < 1.29 is 9.59 Å². The molecule has 1 N–H and O–H groups in total. The monoisotopic (exact) mass is 350 g/mol. The average molecular weight is 350 g/mol. The molecule has 2 aromatic carbocycles. The first-order chi connectivity index (χ1) is 12.3. The van der Waals surface area contributed by atoms with Gasteiger partial charge in [-0.25, -0.2) is 0 Å². The van der Waals surface area contributed by atoms with Gasteiger partial charge in [-0.05, 0) is 49.1 Å². The lowest BCUT2D eigenvalue weighted by molar-refractivity contribution is -0.123. The number of aryl methyl sites for hydroxylation is 2. The molecule has 0 fully saturated rings. The molecule has 2 amide bonds. The Labute approximate surface area is 155 Å². The summed E-state index contributed by atoms with van der Waals surface area (Å²) >= 11 is 0. The Morgan fingerprint density at radius 3 is 2.54 bits per heavy atom. The molecule has 0 saturated carbocycles. The Kier molecular flexibility index (Phi) is 4.86. The molecule has 0 saturated heterocycles. The van der Waals surface area contributed by atoms with E-state index in [1.807, 2.05) is 62.9 Å². The van der Waals surface area contributed by atoms with Crippen LogP contribution in [-0.4, -0.2) is 18.4 Å². The standard InChI is InChI=1S/C22H26N2O2/c1-15-8-5-9-16-11-7-13-24(19(15)16)20(25)17-10-6-12-18(14-17)23-21(26)22(2,3)4/h5-6,8-10,12,14H,7,11,13H2,1-4H3,(H,23,26). The fourth-order valence-electron chi connectivity index (χ4n) is 3.25. The molecule has 1 heterocycles. The highest BCUT2D eigenvalue weighted by atomic mass is 16.2. The van der Waals surface area contributed by atoms with E-state index in [9.17, 15) is 9.59 Å². The van der Waals surface area contributed by atoms with Crippen LogP contribution in [0.4, 0.5) is 11.4 Å². The molecule has 0 bridgehead atoms. The van der Waals surface area contributed by atoms with E-state index < -0.39 is 5.41 Å². The molecule has 0 aromatic heterocycles. The van der Waals surface area contributed by atoms with Crippen molar-refractivity contribution in [3.8, 4) is 0 Å². The molecular weight excluding hydrogens is 324 g/mol. The first-order valence-corrected chi connectivity index (χ1v) is 9.09. The van der Waals surface area contributed by atoms with Gasteiger partial charge in [0.1, 0.15) is 0 Å². The SMILES string of the molecule is Cc1cccc2c1N(C(=O)c1cccc(NC(=O)C(C)(C)C)c1)CCC2. The number of benzene rings is 2. The predicted octanol–water partition coefficient (Wildman–Crippen LogP) is 4.57. The number of para-hydroxylation sites is 1. The third-order valence-corrected chi connectivity index (χ3v) is 4.71. The molecule has 2 aromatic rings. The fraction of sp³-hybridized carbons (Fsp3) is 0.364. The first kappa shape index (κ1) is 18.2. The lowest BCUT2D eigenvalue weighted by atomic mass is 9.95. The topological polar surface area (TPSA) is 49.4 Å². The van der Waals surface area contributed by atoms with Gasteiger partial charge in [-0.3, -0.25) is 9.59 Å². The van der Waals surface area contributed by atoms with E-state index in [4.69, 9.17) is 0 Å². The van der Waals surface area contributed by atoms with E-state index in [-0.39, 0.29) is 11.8 Å². The molecule has 3 rings (SSSR count). The summed E-state index contributed by atoms with van der Waals surface area (Å²) in [5.74, 6) is -0.0895. The van der Waals surface area contributed by atoms with Crippen LogP contribution in [0.15, 0.2) is 42.5 Å². The number of anilines is 2. The van der Waals surface area contributed by atoms with Gasteiger partial charge in [0.25, 0.3) is 5.91 Å². The van der Waals surface area contributed by atoms with Gasteiger partial charge in [0.05, 0.1) is 5.69 Å². The van der Waals surface area contributed by atoms with E-state index in [1.54, 1.807) is 6.07 Å². The molecule has 0 unspecified atom stereocenters. The summed E-state index contributed by atoms with van der Waals surface area (Å²) in [6, 6.07) is 13.4. The second-order valence-electron chi connectivity index (χ2n) is 7.93. The maximum absolute atomic E-state index is 13.2.